The van der Waals surface area contributed by atoms with Crippen LogP contribution >= 0.6 is 11.8 Å². The van der Waals surface area contributed by atoms with Gasteiger partial charge in [-0.1, -0.05) is 30.3 Å². The Bertz CT molecular complexity index is 724. The molecule has 110 valence electrons. The zero-order valence-corrected chi connectivity index (χ0v) is 12.7. The molecule has 4 nitrogen and oxygen atoms in total. The van der Waals surface area contributed by atoms with Crippen LogP contribution in [-0.2, 0) is 9.84 Å². The van der Waals surface area contributed by atoms with Gasteiger partial charge in [-0.2, -0.15) is 0 Å². The summed E-state index contributed by atoms with van der Waals surface area (Å²) >= 11 is 1.43. The average molecular weight is 322 g/mol. The van der Waals surface area contributed by atoms with Crippen molar-refractivity contribution >= 4 is 27.6 Å². The lowest BCUT2D eigenvalue weighted by atomic mass is 10.2. The van der Waals surface area contributed by atoms with Crippen LogP contribution in [0, 0.1) is 0 Å². The maximum atomic E-state index is 12.3. The zero-order chi connectivity index (χ0) is 15.3. The summed E-state index contributed by atoms with van der Waals surface area (Å²) < 4.78 is 24.5. The smallest absolute Gasteiger partial charge is 0.337 e. The van der Waals surface area contributed by atoms with E-state index in [0.717, 1.165) is 4.90 Å². The van der Waals surface area contributed by atoms with Crippen LogP contribution in [0.3, 0.4) is 0 Å². The molecular formula is C15H14O4S2. The number of benzene rings is 2. The third-order valence-corrected chi connectivity index (χ3v) is 5.86. The molecule has 0 atom stereocenters. The summed E-state index contributed by atoms with van der Waals surface area (Å²) in [6.07, 6.45) is 0. The van der Waals surface area contributed by atoms with E-state index < -0.39 is 15.8 Å². The first-order chi connectivity index (χ1) is 10.0. The topological polar surface area (TPSA) is 71.4 Å². The molecule has 0 unspecified atom stereocenters. The monoisotopic (exact) mass is 322 g/mol. The van der Waals surface area contributed by atoms with Crippen LogP contribution in [0.2, 0.25) is 0 Å². The van der Waals surface area contributed by atoms with Gasteiger partial charge in [-0.15, -0.1) is 11.8 Å². The number of hydrogen-bond donors (Lipinski definition) is 1. The molecule has 21 heavy (non-hydrogen) atoms. The largest absolute Gasteiger partial charge is 0.478 e. The Hall–Kier alpha value is -1.79. The second kappa shape index (κ2) is 6.78. The Balaban J connectivity index is 2.11. The van der Waals surface area contributed by atoms with Crippen molar-refractivity contribution in [2.24, 2.45) is 0 Å². The Morgan fingerprint density at radius 3 is 2.29 bits per heavy atom. The van der Waals surface area contributed by atoms with E-state index >= 15 is 0 Å². The quantitative estimate of drug-likeness (QED) is 0.828. The van der Waals surface area contributed by atoms with Crippen molar-refractivity contribution in [3.05, 3.63) is 60.2 Å². The van der Waals surface area contributed by atoms with Crippen LogP contribution in [0.4, 0.5) is 0 Å². The van der Waals surface area contributed by atoms with Crippen LogP contribution in [0.15, 0.2) is 64.4 Å². The van der Waals surface area contributed by atoms with E-state index in [1.54, 1.807) is 0 Å². The molecule has 0 radical (unpaired) electrons. The molecule has 0 aliphatic rings. The summed E-state index contributed by atoms with van der Waals surface area (Å²) in [5.74, 6) is -0.957. The number of carboxylic acids is 1. The molecule has 0 heterocycles. The molecule has 2 rings (SSSR count). The fourth-order valence-corrected chi connectivity index (χ4v) is 4.60. The number of sulfone groups is 1. The summed E-state index contributed by atoms with van der Waals surface area (Å²) in [6, 6.07) is 15.2. The van der Waals surface area contributed by atoms with Crippen LogP contribution in [-0.4, -0.2) is 31.0 Å². The first-order valence-electron chi connectivity index (χ1n) is 6.23. The SMILES string of the molecule is O=C(O)c1ccccc1S(=O)(=O)CCSc1ccccc1. The summed E-state index contributed by atoms with van der Waals surface area (Å²) in [4.78, 5) is 12.0. The molecular weight excluding hydrogens is 308 g/mol. The van der Waals surface area contributed by atoms with Crippen molar-refractivity contribution in [1.82, 2.24) is 0 Å². The normalized spacial score (nSPS) is 11.2. The maximum Gasteiger partial charge on any atom is 0.337 e. The van der Waals surface area contributed by atoms with Crippen molar-refractivity contribution in [1.29, 1.82) is 0 Å². The van der Waals surface area contributed by atoms with Crippen molar-refractivity contribution in [2.75, 3.05) is 11.5 Å². The Kier molecular flexibility index (Phi) is 5.03. The molecule has 1 N–H and O–H groups in total. The van der Waals surface area contributed by atoms with E-state index in [0.29, 0.717) is 5.75 Å². The standard InChI is InChI=1S/C15H14O4S2/c16-15(17)13-8-4-5-9-14(13)21(18,19)11-10-20-12-6-2-1-3-7-12/h1-9H,10-11H2,(H,16,17). The van der Waals surface area contributed by atoms with Crippen LogP contribution in [0.1, 0.15) is 10.4 Å². The molecule has 0 aromatic heterocycles. The lowest BCUT2D eigenvalue weighted by Gasteiger charge is -2.07. The molecule has 0 saturated carbocycles. The van der Waals surface area contributed by atoms with Gasteiger partial charge >= 0.3 is 5.97 Å². The highest BCUT2D eigenvalue weighted by atomic mass is 32.2. The van der Waals surface area contributed by atoms with E-state index in [1.807, 2.05) is 30.3 Å². The number of aromatic carboxylic acids is 1. The Morgan fingerprint density at radius 2 is 1.62 bits per heavy atom. The van der Waals surface area contributed by atoms with E-state index in [9.17, 15) is 13.2 Å². The Morgan fingerprint density at radius 1 is 1.00 bits per heavy atom. The van der Waals surface area contributed by atoms with Gasteiger partial charge in [0.15, 0.2) is 9.84 Å². The molecule has 0 aliphatic heterocycles. The van der Waals surface area contributed by atoms with Crippen LogP contribution in [0.25, 0.3) is 0 Å². The average Bonchev–Trinajstić information content (AvgIpc) is 2.48. The van der Waals surface area contributed by atoms with Gasteiger partial charge < -0.3 is 5.11 Å². The first-order valence-corrected chi connectivity index (χ1v) is 8.87. The third kappa shape index (κ3) is 4.09. The minimum atomic E-state index is -3.61. The molecule has 0 bridgehead atoms. The maximum absolute atomic E-state index is 12.3. The van der Waals surface area contributed by atoms with Gasteiger partial charge in [-0.25, -0.2) is 13.2 Å². The summed E-state index contributed by atoms with van der Waals surface area (Å²) in [5.41, 5.74) is -0.179. The lowest BCUT2D eigenvalue weighted by Crippen LogP contribution is -2.13. The predicted octanol–water partition coefficient (Wildman–Crippen LogP) is 2.95. The van der Waals surface area contributed by atoms with Crippen molar-refractivity contribution in [3.63, 3.8) is 0 Å². The number of carboxylic acid groups (broad SMARTS) is 1. The highest BCUT2D eigenvalue weighted by Gasteiger charge is 2.21. The van der Waals surface area contributed by atoms with Gasteiger partial charge in [0.25, 0.3) is 0 Å². The fraction of sp³-hybridized carbons (Fsp3) is 0.133. The third-order valence-electron chi connectivity index (χ3n) is 2.82. The number of thioether (sulfide) groups is 1. The Labute approximate surface area is 127 Å². The minimum absolute atomic E-state index is 0.100. The molecule has 0 aliphatic carbocycles. The number of rotatable bonds is 6. The summed E-state index contributed by atoms with van der Waals surface area (Å²) in [6.45, 7) is 0. The second-order valence-corrected chi connectivity index (χ2v) is 7.53. The van der Waals surface area contributed by atoms with Crippen LogP contribution < -0.4 is 0 Å². The van der Waals surface area contributed by atoms with Gasteiger partial charge in [0.2, 0.25) is 0 Å². The highest BCUT2D eigenvalue weighted by Crippen LogP contribution is 2.21. The second-order valence-electron chi connectivity index (χ2n) is 4.28. The summed E-state index contributed by atoms with van der Waals surface area (Å²) in [5, 5.41) is 9.06. The molecule has 0 spiro atoms. The van der Waals surface area contributed by atoms with Crippen molar-refractivity contribution in [2.45, 2.75) is 9.79 Å². The van der Waals surface area contributed by atoms with Gasteiger partial charge in [-0.3, -0.25) is 0 Å². The van der Waals surface area contributed by atoms with E-state index in [-0.39, 0.29) is 16.2 Å². The molecule has 2 aromatic rings. The molecule has 6 heteroatoms. The minimum Gasteiger partial charge on any atom is -0.478 e. The van der Waals surface area contributed by atoms with Crippen molar-refractivity contribution in [3.8, 4) is 0 Å². The van der Waals surface area contributed by atoms with Crippen molar-refractivity contribution < 1.29 is 18.3 Å². The van der Waals surface area contributed by atoms with E-state index in [4.69, 9.17) is 5.11 Å². The molecule has 2 aromatic carbocycles. The zero-order valence-electron chi connectivity index (χ0n) is 11.1. The predicted molar refractivity (Wildman–Crippen MR) is 82.6 cm³/mol. The fourth-order valence-electron chi connectivity index (χ4n) is 1.81. The lowest BCUT2D eigenvalue weighted by molar-refractivity contribution is 0.0692. The van der Waals surface area contributed by atoms with E-state index in [1.165, 1.54) is 36.0 Å². The highest BCUT2D eigenvalue weighted by molar-refractivity contribution is 8.00. The van der Waals surface area contributed by atoms with Gasteiger partial charge in [-0.05, 0) is 24.3 Å². The molecule has 0 amide bonds. The molecule has 0 fully saturated rings. The van der Waals surface area contributed by atoms with Gasteiger partial charge in [0.05, 0.1) is 16.2 Å². The first kappa shape index (κ1) is 15.6. The molecule has 0 saturated heterocycles. The van der Waals surface area contributed by atoms with E-state index in [2.05, 4.69) is 0 Å². The van der Waals surface area contributed by atoms with Gasteiger partial charge in [0, 0.05) is 10.6 Å². The van der Waals surface area contributed by atoms with Gasteiger partial charge in [0.1, 0.15) is 0 Å². The number of hydrogen-bond acceptors (Lipinski definition) is 4. The van der Waals surface area contributed by atoms with Crippen LogP contribution in [0.5, 0.6) is 0 Å². The summed E-state index contributed by atoms with van der Waals surface area (Å²) in [7, 11) is -3.61. The number of carbonyl (C=O) groups is 1.